The lowest BCUT2D eigenvalue weighted by Gasteiger charge is -1.87. The van der Waals surface area contributed by atoms with Crippen molar-refractivity contribution in [2.75, 3.05) is 0 Å². The SMILES string of the molecule is Cc1nc(-c2cccs2)cn1C. The molecule has 62 valence electrons. The molecule has 3 heteroatoms. The van der Waals surface area contributed by atoms with Crippen LogP contribution in [0.1, 0.15) is 5.82 Å². The topological polar surface area (TPSA) is 17.8 Å². The van der Waals surface area contributed by atoms with Crippen molar-refractivity contribution >= 4 is 11.3 Å². The first-order valence-electron chi connectivity index (χ1n) is 3.81. The zero-order chi connectivity index (χ0) is 8.55. The largest absolute Gasteiger partial charge is 0.338 e. The van der Waals surface area contributed by atoms with E-state index in [1.54, 1.807) is 11.3 Å². The molecule has 0 amide bonds. The number of hydrogen-bond donors (Lipinski definition) is 0. The summed E-state index contributed by atoms with van der Waals surface area (Å²) in [5.74, 6) is 1.05. The highest BCUT2D eigenvalue weighted by Gasteiger charge is 2.03. The van der Waals surface area contributed by atoms with E-state index in [4.69, 9.17) is 0 Å². The molecule has 12 heavy (non-hydrogen) atoms. The second-order valence-electron chi connectivity index (χ2n) is 2.76. The van der Waals surface area contributed by atoms with Crippen molar-refractivity contribution < 1.29 is 0 Å². The molecular formula is C9H10N2S. The summed E-state index contributed by atoms with van der Waals surface area (Å²) < 4.78 is 2.04. The molecule has 2 aromatic rings. The Balaban J connectivity index is 2.48. The van der Waals surface area contributed by atoms with E-state index in [1.807, 2.05) is 24.6 Å². The van der Waals surface area contributed by atoms with Crippen LogP contribution in [0.5, 0.6) is 0 Å². The van der Waals surface area contributed by atoms with Crippen molar-refractivity contribution in [2.24, 2.45) is 7.05 Å². The van der Waals surface area contributed by atoms with Crippen molar-refractivity contribution in [3.05, 3.63) is 29.5 Å². The van der Waals surface area contributed by atoms with Crippen LogP contribution in [-0.4, -0.2) is 9.55 Å². The van der Waals surface area contributed by atoms with Crippen LogP contribution in [0.25, 0.3) is 10.6 Å². The summed E-state index contributed by atoms with van der Waals surface area (Å²) in [5.41, 5.74) is 1.07. The Bertz CT molecular complexity index is 354. The highest BCUT2D eigenvalue weighted by Crippen LogP contribution is 2.22. The molecule has 2 nitrogen and oxygen atoms in total. The van der Waals surface area contributed by atoms with Gasteiger partial charge in [-0.25, -0.2) is 4.98 Å². The molecule has 0 spiro atoms. The fourth-order valence-electron chi connectivity index (χ4n) is 1.10. The Morgan fingerprint density at radius 2 is 2.33 bits per heavy atom. The fourth-order valence-corrected chi connectivity index (χ4v) is 1.78. The number of hydrogen-bond acceptors (Lipinski definition) is 2. The molecule has 0 fully saturated rings. The van der Waals surface area contributed by atoms with Crippen molar-refractivity contribution in [3.8, 4) is 10.6 Å². The van der Waals surface area contributed by atoms with Gasteiger partial charge in [0.2, 0.25) is 0 Å². The van der Waals surface area contributed by atoms with Crippen LogP contribution < -0.4 is 0 Å². The third-order valence-electron chi connectivity index (χ3n) is 1.88. The lowest BCUT2D eigenvalue weighted by atomic mass is 10.4. The minimum Gasteiger partial charge on any atom is -0.338 e. The Morgan fingerprint density at radius 1 is 1.50 bits per heavy atom. The molecule has 0 radical (unpaired) electrons. The predicted molar refractivity (Wildman–Crippen MR) is 51.3 cm³/mol. The van der Waals surface area contributed by atoms with E-state index in [9.17, 15) is 0 Å². The predicted octanol–water partition coefficient (Wildman–Crippen LogP) is 2.46. The van der Waals surface area contributed by atoms with E-state index < -0.39 is 0 Å². The maximum Gasteiger partial charge on any atom is 0.106 e. The first kappa shape index (κ1) is 7.55. The maximum atomic E-state index is 4.43. The van der Waals surface area contributed by atoms with Crippen LogP contribution in [-0.2, 0) is 7.05 Å². The molecule has 2 rings (SSSR count). The van der Waals surface area contributed by atoms with Gasteiger partial charge in [-0.15, -0.1) is 11.3 Å². The van der Waals surface area contributed by atoms with E-state index >= 15 is 0 Å². The molecule has 0 atom stereocenters. The standard InChI is InChI=1S/C9H10N2S/c1-7-10-8(6-11(7)2)9-4-3-5-12-9/h3-6H,1-2H3. The smallest absolute Gasteiger partial charge is 0.106 e. The van der Waals surface area contributed by atoms with Crippen LogP contribution in [0.2, 0.25) is 0 Å². The van der Waals surface area contributed by atoms with Gasteiger partial charge in [0, 0.05) is 13.2 Å². The number of nitrogens with zero attached hydrogens (tertiary/aromatic N) is 2. The van der Waals surface area contributed by atoms with Gasteiger partial charge < -0.3 is 4.57 Å². The molecule has 0 N–H and O–H groups in total. The number of rotatable bonds is 1. The van der Waals surface area contributed by atoms with Gasteiger partial charge in [0.25, 0.3) is 0 Å². The minimum atomic E-state index is 1.05. The van der Waals surface area contributed by atoms with E-state index in [0.717, 1.165) is 11.5 Å². The minimum absolute atomic E-state index is 1.05. The van der Waals surface area contributed by atoms with E-state index in [-0.39, 0.29) is 0 Å². The van der Waals surface area contributed by atoms with Gasteiger partial charge in [-0.2, -0.15) is 0 Å². The first-order valence-corrected chi connectivity index (χ1v) is 4.69. The van der Waals surface area contributed by atoms with Crippen molar-refractivity contribution in [1.29, 1.82) is 0 Å². The Hall–Kier alpha value is -1.09. The molecule has 2 heterocycles. The zero-order valence-electron chi connectivity index (χ0n) is 7.11. The van der Waals surface area contributed by atoms with E-state index in [2.05, 4.69) is 22.6 Å². The van der Waals surface area contributed by atoms with Crippen molar-refractivity contribution in [3.63, 3.8) is 0 Å². The van der Waals surface area contributed by atoms with Gasteiger partial charge in [-0.05, 0) is 18.4 Å². The second-order valence-corrected chi connectivity index (χ2v) is 3.71. The molecule has 0 unspecified atom stereocenters. The Morgan fingerprint density at radius 3 is 2.83 bits per heavy atom. The lowest BCUT2D eigenvalue weighted by Crippen LogP contribution is -1.86. The van der Waals surface area contributed by atoms with Crippen molar-refractivity contribution in [1.82, 2.24) is 9.55 Å². The normalized spacial score (nSPS) is 10.5. The van der Waals surface area contributed by atoms with E-state index in [1.165, 1.54) is 4.88 Å². The van der Waals surface area contributed by atoms with Gasteiger partial charge in [-0.1, -0.05) is 6.07 Å². The molecule has 0 saturated heterocycles. The van der Waals surface area contributed by atoms with Crippen LogP contribution >= 0.6 is 11.3 Å². The molecule has 2 aromatic heterocycles. The van der Waals surface area contributed by atoms with Gasteiger partial charge in [0.15, 0.2) is 0 Å². The summed E-state index contributed by atoms with van der Waals surface area (Å²) >= 11 is 1.72. The average molecular weight is 178 g/mol. The summed E-state index contributed by atoms with van der Waals surface area (Å²) in [6.45, 7) is 2.01. The summed E-state index contributed by atoms with van der Waals surface area (Å²) in [6.07, 6.45) is 2.06. The fraction of sp³-hybridized carbons (Fsp3) is 0.222. The van der Waals surface area contributed by atoms with Gasteiger partial charge >= 0.3 is 0 Å². The molecule has 0 aliphatic heterocycles. The molecule has 0 aliphatic rings. The second kappa shape index (κ2) is 2.75. The van der Waals surface area contributed by atoms with Crippen LogP contribution in [0.3, 0.4) is 0 Å². The monoisotopic (exact) mass is 178 g/mol. The quantitative estimate of drug-likeness (QED) is 0.656. The highest BCUT2D eigenvalue weighted by atomic mass is 32.1. The molecule has 0 saturated carbocycles. The van der Waals surface area contributed by atoms with Crippen LogP contribution in [0, 0.1) is 6.92 Å². The Labute approximate surface area is 75.5 Å². The summed E-state index contributed by atoms with van der Waals surface area (Å²) in [4.78, 5) is 5.66. The van der Waals surface area contributed by atoms with Gasteiger partial charge in [0.05, 0.1) is 10.6 Å². The molecule has 0 aromatic carbocycles. The Kier molecular flexibility index (Phi) is 1.73. The lowest BCUT2D eigenvalue weighted by molar-refractivity contribution is 0.858. The third-order valence-corrected chi connectivity index (χ3v) is 2.77. The highest BCUT2D eigenvalue weighted by molar-refractivity contribution is 7.13. The number of imidazole rings is 1. The maximum absolute atomic E-state index is 4.43. The molecular weight excluding hydrogens is 168 g/mol. The number of aryl methyl sites for hydroxylation is 2. The molecule has 0 bridgehead atoms. The van der Waals surface area contributed by atoms with Crippen molar-refractivity contribution in [2.45, 2.75) is 6.92 Å². The summed E-state index contributed by atoms with van der Waals surface area (Å²) in [5, 5.41) is 2.07. The van der Waals surface area contributed by atoms with Gasteiger partial charge in [0.1, 0.15) is 5.82 Å². The van der Waals surface area contributed by atoms with Crippen LogP contribution in [0.4, 0.5) is 0 Å². The first-order chi connectivity index (χ1) is 5.77. The number of aromatic nitrogens is 2. The average Bonchev–Trinajstić information content (AvgIpc) is 2.61. The third kappa shape index (κ3) is 1.16. The zero-order valence-corrected chi connectivity index (χ0v) is 7.93. The summed E-state index contributed by atoms with van der Waals surface area (Å²) in [7, 11) is 2.01. The van der Waals surface area contributed by atoms with E-state index in [0.29, 0.717) is 0 Å². The summed E-state index contributed by atoms with van der Waals surface area (Å²) in [6, 6.07) is 4.14. The van der Waals surface area contributed by atoms with Crippen LogP contribution in [0.15, 0.2) is 23.7 Å². The van der Waals surface area contributed by atoms with Gasteiger partial charge in [-0.3, -0.25) is 0 Å². The number of thiophene rings is 1. The molecule has 0 aliphatic carbocycles.